The first-order chi connectivity index (χ1) is 7.68. The molecular weight excluding hydrogens is 204 g/mol. The van der Waals surface area contributed by atoms with Gasteiger partial charge in [-0.2, -0.15) is 0 Å². The van der Waals surface area contributed by atoms with Crippen LogP contribution < -0.4 is 0 Å². The van der Waals surface area contributed by atoms with Gasteiger partial charge in [-0.25, -0.2) is 0 Å². The Morgan fingerprint density at radius 1 is 0.882 bits per heavy atom. The molecule has 0 aliphatic rings. The summed E-state index contributed by atoms with van der Waals surface area (Å²) in [6.07, 6.45) is 10.3. The van der Waals surface area contributed by atoms with E-state index in [1.807, 2.05) is 45.9 Å². The first-order valence-corrected chi connectivity index (χ1v) is 6.61. The molecule has 0 rings (SSSR count). The fourth-order valence-corrected chi connectivity index (χ4v) is 0.327. The van der Waals surface area contributed by atoms with Gasteiger partial charge in [0.05, 0.1) is 0 Å². The smallest absolute Gasteiger partial charge is 0.0439 e. The molecule has 0 amide bonds. The second-order valence-electron chi connectivity index (χ2n) is 2.86. The van der Waals surface area contributed by atoms with Crippen molar-refractivity contribution in [1.82, 2.24) is 0 Å². The van der Waals surface area contributed by atoms with Gasteiger partial charge in [0.25, 0.3) is 0 Å². The molecule has 17 heavy (non-hydrogen) atoms. The fraction of sp³-hybridized carbons (Fsp3) is 0.647. The van der Waals surface area contributed by atoms with Crippen molar-refractivity contribution in [1.29, 1.82) is 0 Å². The summed E-state index contributed by atoms with van der Waals surface area (Å²) in [5, 5.41) is 0. The molecule has 0 aliphatic carbocycles. The lowest BCUT2D eigenvalue weighted by molar-refractivity contribution is 0.886. The van der Waals surface area contributed by atoms with Crippen LogP contribution in [0.2, 0.25) is 0 Å². The summed E-state index contributed by atoms with van der Waals surface area (Å²) in [5.41, 5.74) is 1.31. The minimum absolute atomic E-state index is 0. The van der Waals surface area contributed by atoms with E-state index in [1.54, 1.807) is 6.08 Å². The maximum atomic E-state index is 3.54. The third kappa shape index (κ3) is 97.6. The van der Waals surface area contributed by atoms with Crippen LogP contribution >= 0.6 is 0 Å². The summed E-state index contributed by atoms with van der Waals surface area (Å²) < 4.78 is 0. The quantitative estimate of drug-likeness (QED) is 0.459. The molecule has 0 unspecified atom stereocenters. The first-order valence-electron chi connectivity index (χ1n) is 6.61. The highest BCUT2D eigenvalue weighted by Crippen LogP contribution is 1.87. The van der Waals surface area contributed by atoms with E-state index in [1.165, 1.54) is 18.4 Å². The lowest BCUT2D eigenvalue weighted by atomic mass is 10.3. The van der Waals surface area contributed by atoms with Crippen LogP contribution in [0, 0.1) is 0 Å². The van der Waals surface area contributed by atoms with Crippen molar-refractivity contribution >= 4 is 0 Å². The van der Waals surface area contributed by atoms with E-state index in [2.05, 4.69) is 34.3 Å². The van der Waals surface area contributed by atoms with Crippen LogP contribution in [-0.4, -0.2) is 0 Å². The summed E-state index contributed by atoms with van der Waals surface area (Å²) in [6, 6.07) is 0. The molecule has 0 bridgehead atoms. The molecule has 0 aromatic carbocycles. The standard InChI is InChI=1S/C8H12.C4H10.2C2H6.CH4/c1-4-5-6-7-8(2)3;1-3-4-2;2*1-2;/h4-7H,1H2,2-3H3;3-4H2,1-2H3;2*1-2H3;1H4/b6-5-;;;;. The first kappa shape index (κ1) is 29.8. The molecule has 0 aliphatic heterocycles. The van der Waals surface area contributed by atoms with E-state index < -0.39 is 0 Å². The minimum Gasteiger partial charge on any atom is -0.0991 e. The number of allylic oxidation sites excluding steroid dienone is 5. The monoisotopic (exact) mass is 242 g/mol. The van der Waals surface area contributed by atoms with Gasteiger partial charge in [-0.15, -0.1) is 0 Å². The van der Waals surface area contributed by atoms with Crippen LogP contribution in [0.3, 0.4) is 0 Å². The zero-order valence-corrected chi connectivity index (χ0v) is 12.9. The van der Waals surface area contributed by atoms with Crippen LogP contribution in [0.15, 0.2) is 36.5 Å². The Labute approximate surface area is 113 Å². The highest BCUT2D eigenvalue weighted by molar-refractivity contribution is 5.12. The molecule has 0 aromatic heterocycles. The molecule has 0 radical (unpaired) electrons. The maximum Gasteiger partial charge on any atom is -0.0439 e. The van der Waals surface area contributed by atoms with Crippen molar-refractivity contribution in [2.24, 2.45) is 0 Å². The molecule has 0 nitrogen and oxygen atoms in total. The summed E-state index contributed by atoms with van der Waals surface area (Å²) in [6.45, 7) is 20.0. The molecule has 0 heterocycles. The van der Waals surface area contributed by atoms with Gasteiger partial charge in [0, 0.05) is 0 Å². The fourth-order valence-electron chi connectivity index (χ4n) is 0.327. The molecule has 0 spiro atoms. The highest BCUT2D eigenvalue weighted by atomic mass is 13.7. The third-order valence-corrected chi connectivity index (χ3v) is 1.18. The van der Waals surface area contributed by atoms with E-state index >= 15 is 0 Å². The van der Waals surface area contributed by atoms with Crippen LogP contribution in [0.25, 0.3) is 0 Å². The van der Waals surface area contributed by atoms with Gasteiger partial charge in [-0.3, -0.25) is 0 Å². The second-order valence-corrected chi connectivity index (χ2v) is 2.86. The minimum atomic E-state index is 0. The zero-order valence-electron chi connectivity index (χ0n) is 12.9. The van der Waals surface area contributed by atoms with Gasteiger partial charge >= 0.3 is 0 Å². The molecule has 0 heteroatoms. The Hall–Kier alpha value is -0.780. The Bertz CT molecular complexity index is 132. The van der Waals surface area contributed by atoms with Crippen molar-refractivity contribution in [3.8, 4) is 0 Å². The van der Waals surface area contributed by atoms with Crippen molar-refractivity contribution in [2.75, 3.05) is 0 Å². The SMILES string of the molecule is C.C=C/C=C\C=C(C)C.CC.CC.CCCC. The zero-order chi connectivity index (χ0) is 13.8. The Kier molecular flexibility index (Phi) is 80.0. The Balaban J connectivity index is -0.0000000457. The predicted molar refractivity (Wildman–Crippen MR) is 88.8 cm³/mol. The summed E-state index contributed by atoms with van der Waals surface area (Å²) >= 11 is 0. The Morgan fingerprint density at radius 3 is 1.41 bits per heavy atom. The molecule has 106 valence electrons. The van der Waals surface area contributed by atoms with Gasteiger partial charge in [0.1, 0.15) is 0 Å². The van der Waals surface area contributed by atoms with Crippen molar-refractivity contribution in [2.45, 2.75) is 75.7 Å². The van der Waals surface area contributed by atoms with Crippen molar-refractivity contribution < 1.29 is 0 Å². The largest absolute Gasteiger partial charge is 0.0991 e. The molecule has 0 saturated heterocycles. The molecule has 0 atom stereocenters. The average molecular weight is 242 g/mol. The predicted octanol–water partition coefficient (Wildman–Crippen LogP) is 7.19. The van der Waals surface area contributed by atoms with Crippen LogP contribution in [-0.2, 0) is 0 Å². The van der Waals surface area contributed by atoms with Gasteiger partial charge in [0.15, 0.2) is 0 Å². The van der Waals surface area contributed by atoms with Crippen LogP contribution in [0.5, 0.6) is 0 Å². The molecule has 0 fully saturated rings. The number of hydrogen-bond acceptors (Lipinski definition) is 0. The van der Waals surface area contributed by atoms with E-state index in [-0.39, 0.29) is 7.43 Å². The lowest BCUT2D eigenvalue weighted by Gasteiger charge is -1.78. The average Bonchev–Trinajstić information content (AvgIpc) is 2.34. The normalized spacial score (nSPS) is 6.82. The highest BCUT2D eigenvalue weighted by Gasteiger charge is 1.66. The van der Waals surface area contributed by atoms with Gasteiger partial charge in [0.2, 0.25) is 0 Å². The number of rotatable bonds is 3. The summed E-state index contributed by atoms with van der Waals surface area (Å²) in [7, 11) is 0. The van der Waals surface area contributed by atoms with Crippen LogP contribution in [0.4, 0.5) is 0 Å². The molecular formula is C17H38. The van der Waals surface area contributed by atoms with Gasteiger partial charge in [-0.1, -0.05) is 98.3 Å². The van der Waals surface area contributed by atoms with E-state index in [0.717, 1.165) is 0 Å². The van der Waals surface area contributed by atoms with Crippen molar-refractivity contribution in [3.05, 3.63) is 36.5 Å². The second kappa shape index (κ2) is 45.5. The number of hydrogen-bond donors (Lipinski definition) is 0. The third-order valence-electron chi connectivity index (χ3n) is 1.18. The van der Waals surface area contributed by atoms with E-state index in [4.69, 9.17) is 0 Å². The summed E-state index contributed by atoms with van der Waals surface area (Å²) in [4.78, 5) is 0. The maximum absolute atomic E-state index is 3.54. The van der Waals surface area contributed by atoms with E-state index in [9.17, 15) is 0 Å². The summed E-state index contributed by atoms with van der Waals surface area (Å²) in [5.74, 6) is 0. The van der Waals surface area contributed by atoms with Crippen LogP contribution in [0.1, 0.15) is 75.7 Å². The van der Waals surface area contributed by atoms with E-state index in [0.29, 0.717) is 0 Å². The number of unbranched alkanes of at least 4 members (excludes halogenated alkanes) is 1. The van der Waals surface area contributed by atoms with Gasteiger partial charge < -0.3 is 0 Å². The molecule has 0 N–H and O–H groups in total. The Morgan fingerprint density at radius 2 is 1.24 bits per heavy atom. The topological polar surface area (TPSA) is 0 Å². The van der Waals surface area contributed by atoms with Crippen molar-refractivity contribution in [3.63, 3.8) is 0 Å². The molecule has 0 aromatic rings. The van der Waals surface area contributed by atoms with Gasteiger partial charge in [-0.05, 0) is 13.8 Å². The molecule has 0 saturated carbocycles. The lowest BCUT2D eigenvalue weighted by Crippen LogP contribution is -1.56.